The highest BCUT2D eigenvalue weighted by molar-refractivity contribution is 6.14. The molecular formula is C22H22O5. The number of methoxy groups -OCH3 is 2. The Kier molecular flexibility index (Phi) is 5.50. The summed E-state index contributed by atoms with van der Waals surface area (Å²) in [5.74, 6) is 0.811. The highest BCUT2D eigenvalue weighted by Gasteiger charge is 2.21. The molecule has 140 valence electrons. The van der Waals surface area contributed by atoms with Crippen LogP contribution in [-0.2, 0) is 4.79 Å². The molecule has 0 bridgehead atoms. The van der Waals surface area contributed by atoms with Crippen molar-refractivity contribution in [2.24, 2.45) is 0 Å². The average molecular weight is 366 g/mol. The van der Waals surface area contributed by atoms with Gasteiger partial charge in [0.2, 0.25) is 0 Å². The van der Waals surface area contributed by atoms with Crippen LogP contribution in [0.2, 0.25) is 0 Å². The molecule has 0 aromatic heterocycles. The van der Waals surface area contributed by atoms with Crippen LogP contribution in [0.3, 0.4) is 0 Å². The first-order valence-corrected chi connectivity index (χ1v) is 8.72. The van der Waals surface area contributed by atoms with Gasteiger partial charge in [0, 0.05) is 16.7 Å². The Labute approximate surface area is 158 Å². The number of rotatable bonds is 4. The standard InChI is InChI=1S/C22H22O5/c1-26-20-8-4-7-17(22(20)27-2)13-16-6-3-5-15(21(16)25)11-14-9-10-18(23)19(24)12-14/h4,7-13,23-24H,3,5-6H2,1-2H3/b15-11+,16-13+. The molecule has 0 radical (unpaired) electrons. The molecule has 0 unspecified atom stereocenters. The van der Waals surface area contributed by atoms with Crippen LogP contribution in [0.5, 0.6) is 23.0 Å². The predicted octanol–water partition coefficient (Wildman–Crippen LogP) is 4.34. The van der Waals surface area contributed by atoms with Gasteiger partial charge in [-0.05, 0) is 55.2 Å². The summed E-state index contributed by atoms with van der Waals surface area (Å²) >= 11 is 0. The van der Waals surface area contributed by atoms with Crippen LogP contribution in [0.4, 0.5) is 0 Å². The first-order valence-electron chi connectivity index (χ1n) is 8.72. The molecule has 1 fully saturated rings. The Morgan fingerprint density at radius 2 is 1.67 bits per heavy atom. The highest BCUT2D eigenvalue weighted by Crippen LogP contribution is 2.35. The number of para-hydroxylation sites is 1. The number of allylic oxidation sites excluding steroid dienone is 2. The molecule has 2 aromatic rings. The van der Waals surface area contributed by atoms with Crippen LogP contribution < -0.4 is 9.47 Å². The zero-order valence-electron chi connectivity index (χ0n) is 15.4. The molecule has 1 aliphatic carbocycles. The summed E-state index contributed by atoms with van der Waals surface area (Å²) in [7, 11) is 3.15. The molecule has 0 atom stereocenters. The van der Waals surface area contributed by atoms with Crippen LogP contribution in [0.25, 0.3) is 12.2 Å². The van der Waals surface area contributed by atoms with Gasteiger partial charge in [-0.15, -0.1) is 0 Å². The molecule has 27 heavy (non-hydrogen) atoms. The van der Waals surface area contributed by atoms with E-state index in [1.54, 1.807) is 26.4 Å². The minimum Gasteiger partial charge on any atom is -0.504 e. The minimum absolute atomic E-state index is 0.0151. The first-order chi connectivity index (χ1) is 13.0. The van der Waals surface area contributed by atoms with Crippen molar-refractivity contribution in [1.82, 2.24) is 0 Å². The second-order valence-corrected chi connectivity index (χ2v) is 6.35. The average Bonchev–Trinajstić information content (AvgIpc) is 2.67. The van der Waals surface area contributed by atoms with E-state index in [0.717, 1.165) is 12.0 Å². The number of carbonyl (C=O) groups is 1. The number of benzene rings is 2. The second kappa shape index (κ2) is 7.99. The molecule has 3 rings (SSSR count). The van der Waals surface area contributed by atoms with Gasteiger partial charge in [-0.3, -0.25) is 4.79 Å². The lowest BCUT2D eigenvalue weighted by Gasteiger charge is -2.17. The first kappa shape index (κ1) is 18.6. The van der Waals surface area contributed by atoms with E-state index < -0.39 is 0 Å². The van der Waals surface area contributed by atoms with Gasteiger partial charge in [0.15, 0.2) is 28.8 Å². The summed E-state index contributed by atoms with van der Waals surface area (Å²) in [4.78, 5) is 12.9. The number of ketones is 1. The van der Waals surface area contributed by atoms with Gasteiger partial charge in [0.25, 0.3) is 0 Å². The van der Waals surface area contributed by atoms with Gasteiger partial charge in [-0.25, -0.2) is 0 Å². The third kappa shape index (κ3) is 3.97. The summed E-state index contributed by atoms with van der Waals surface area (Å²) in [6.07, 6.45) is 5.84. The van der Waals surface area contributed by atoms with Crippen LogP contribution in [0, 0.1) is 0 Å². The molecule has 2 N–H and O–H groups in total. The zero-order valence-corrected chi connectivity index (χ0v) is 15.4. The van der Waals surface area contributed by atoms with Crippen molar-refractivity contribution in [2.45, 2.75) is 19.3 Å². The summed E-state index contributed by atoms with van der Waals surface area (Å²) in [5.41, 5.74) is 2.86. The second-order valence-electron chi connectivity index (χ2n) is 6.35. The number of phenols is 2. The molecule has 0 aliphatic heterocycles. The van der Waals surface area contributed by atoms with Crippen molar-refractivity contribution < 1.29 is 24.5 Å². The van der Waals surface area contributed by atoms with Crippen molar-refractivity contribution in [3.05, 3.63) is 58.7 Å². The Bertz CT molecular complexity index is 924. The lowest BCUT2D eigenvalue weighted by Crippen LogP contribution is -2.12. The quantitative estimate of drug-likeness (QED) is 0.622. The normalized spacial score (nSPS) is 17.3. The third-order valence-corrected chi connectivity index (χ3v) is 4.58. The molecule has 5 nitrogen and oxygen atoms in total. The lowest BCUT2D eigenvalue weighted by atomic mass is 9.86. The summed E-state index contributed by atoms with van der Waals surface area (Å²) in [6.45, 7) is 0. The molecule has 0 amide bonds. The fourth-order valence-corrected chi connectivity index (χ4v) is 3.22. The minimum atomic E-state index is -0.204. The van der Waals surface area contributed by atoms with E-state index in [0.29, 0.717) is 41.1 Å². The molecule has 5 heteroatoms. The monoisotopic (exact) mass is 366 g/mol. The predicted molar refractivity (Wildman–Crippen MR) is 104 cm³/mol. The fraction of sp³-hybridized carbons (Fsp3) is 0.227. The maximum absolute atomic E-state index is 12.9. The number of Topliss-reactive ketones (excluding diaryl/α,β-unsaturated/α-hetero) is 1. The van der Waals surface area contributed by atoms with E-state index in [1.807, 2.05) is 24.3 Å². The van der Waals surface area contributed by atoms with Gasteiger partial charge in [0.1, 0.15) is 0 Å². The molecular weight excluding hydrogens is 344 g/mol. The van der Waals surface area contributed by atoms with E-state index in [-0.39, 0.29) is 17.3 Å². The van der Waals surface area contributed by atoms with Gasteiger partial charge in [-0.1, -0.05) is 18.2 Å². The van der Waals surface area contributed by atoms with Gasteiger partial charge in [0.05, 0.1) is 14.2 Å². The molecule has 1 saturated carbocycles. The number of carbonyl (C=O) groups excluding carboxylic acids is 1. The van der Waals surface area contributed by atoms with Crippen molar-refractivity contribution in [3.8, 4) is 23.0 Å². The number of ether oxygens (including phenoxy) is 2. The van der Waals surface area contributed by atoms with Crippen molar-refractivity contribution >= 4 is 17.9 Å². The third-order valence-electron chi connectivity index (χ3n) is 4.58. The molecule has 0 heterocycles. The molecule has 1 aliphatic rings. The Balaban J connectivity index is 1.94. The van der Waals surface area contributed by atoms with Crippen LogP contribution >= 0.6 is 0 Å². The maximum atomic E-state index is 12.9. The SMILES string of the molecule is COc1cccc(/C=C2\CCC/C(=C\c3ccc(O)c(O)c3)C2=O)c1OC. The van der Waals surface area contributed by atoms with Crippen LogP contribution in [0.1, 0.15) is 30.4 Å². The van der Waals surface area contributed by atoms with Gasteiger partial charge < -0.3 is 19.7 Å². The van der Waals surface area contributed by atoms with Crippen LogP contribution in [-0.4, -0.2) is 30.2 Å². The van der Waals surface area contributed by atoms with E-state index in [1.165, 1.54) is 12.1 Å². The maximum Gasteiger partial charge on any atom is 0.185 e. The van der Waals surface area contributed by atoms with E-state index >= 15 is 0 Å². The van der Waals surface area contributed by atoms with Crippen LogP contribution in [0.15, 0.2) is 47.5 Å². The Morgan fingerprint density at radius 1 is 0.926 bits per heavy atom. The van der Waals surface area contributed by atoms with E-state index in [9.17, 15) is 15.0 Å². The fourth-order valence-electron chi connectivity index (χ4n) is 3.22. The molecule has 0 spiro atoms. The summed E-state index contributed by atoms with van der Waals surface area (Å²) in [6, 6.07) is 10.1. The Hall–Kier alpha value is -3.21. The Morgan fingerprint density at radius 3 is 2.33 bits per heavy atom. The van der Waals surface area contributed by atoms with Crippen molar-refractivity contribution in [1.29, 1.82) is 0 Å². The largest absolute Gasteiger partial charge is 0.504 e. The van der Waals surface area contributed by atoms with E-state index in [2.05, 4.69) is 0 Å². The molecule has 0 saturated heterocycles. The van der Waals surface area contributed by atoms with Gasteiger partial charge in [-0.2, -0.15) is 0 Å². The smallest absolute Gasteiger partial charge is 0.185 e. The number of phenolic OH excluding ortho intramolecular Hbond substituents is 2. The van der Waals surface area contributed by atoms with Crippen molar-refractivity contribution in [3.63, 3.8) is 0 Å². The lowest BCUT2D eigenvalue weighted by molar-refractivity contribution is -0.112. The summed E-state index contributed by atoms with van der Waals surface area (Å²) in [5, 5.41) is 19.1. The van der Waals surface area contributed by atoms with Gasteiger partial charge >= 0.3 is 0 Å². The van der Waals surface area contributed by atoms with Crippen molar-refractivity contribution in [2.75, 3.05) is 14.2 Å². The topological polar surface area (TPSA) is 76.0 Å². The number of aromatic hydroxyl groups is 2. The highest BCUT2D eigenvalue weighted by atomic mass is 16.5. The molecule has 2 aromatic carbocycles. The number of hydrogen-bond donors (Lipinski definition) is 2. The zero-order chi connectivity index (χ0) is 19.4. The van der Waals surface area contributed by atoms with E-state index in [4.69, 9.17) is 9.47 Å². The number of hydrogen-bond acceptors (Lipinski definition) is 5. The summed E-state index contributed by atoms with van der Waals surface area (Å²) < 4.78 is 10.8.